The summed E-state index contributed by atoms with van der Waals surface area (Å²) in [4.78, 5) is 4.38. The summed E-state index contributed by atoms with van der Waals surface area (Å²) in [6.45, 7) is 8.06. The Bertz CT molecular complexity index is 513. The third-order valence-corrected chi connectivity index (χ3v) is 4.23. The van der Waals surface area contributed by atoms with Crippen LogP contribution in [0.15, 0.2) is 12.3 Å². The van der Waals surface area contributed by atoms with E-state index in [2.05, 4.69) is 4.98 Å². The maximum atomic E-state index is 6.02. The monoisotopic (exact) mass is 276 g/mol. The number of ether oxygens (including phenoxy) is 1. The van der Waals surface area contributed by atoms with E-state index in [1.807, 2.05) is 27.7 Å². The van der Waals surface area contributed by atoms with Gasteiger partial charge in [-0.15, -0.1) is 0 Å². The molecule has 0 spiro atoms. The molecule has 0 unspecified atom stereocenters. The van der Waals surface area contributed by atoms with Crippen LogP contribution in [0.25, 0.3) is 0 Å². The molecule has 0 bridgehead atoms. The van der Waals surface area contributed by atoms with Crippen LogP contribution in [-0.4, -0.2) is 29.4 Å². The minimum atomic E-state index is -0.489. The van der Waals surface area contributed by atoms with Crippen LogP contribution >= 0.6 is 0 Å². The maximum absolute atomic E-state index is 6.02. The Morgan fingerprint density at radius 2 is 1.85 bits per heavy atom. The Labute approximate surface area is 119 Å². The normalized spacial score (nSPS) is 23.9. The van der Waals surface area contributed by atoms with Crippen LogP contribution in [0.4, 0.5) is 5.69 Å². The Morgan fingerprint density at radius 1 is 1.25 bits per heavy atom. The summed E-state index contributed by atoms with van der Waals surface area (Å²) in [5.41, 5.74) is 6.53. The smallest absolute Gasteiger partial charge is 0.487 e. The summed E-state index contributed by atoms with van der Waals surface area (Å²) in [6, 6.07) is 1.78. The van der Waals surface area contributed by atoms with Gasteiger partial charge >= 0.3 is 7.12 Å². The van der Waals surface area contributed by atoms with Gasteiger partial charge < -0.3 is 19.8 Å². The van der Waals surface area contributed by atoms with Crippen molar-refractivity contribution in [1.29, 1.82) is 0 Å². The summed E-state index contributed by atoms with van der Waals surface area (Å²) in [7, 11) is -0.489. The van der Waals surface area contributed by atoms with Crippen LogP contribution in [0, 0.1) is 0 Å². The number of nitrogens with two attached hydrogens (primary N) is 1. The zero-order valence-electron chi connectivity index (χ0n) is 12.5. The van der Waals surface area contributed by atoms with Gasteiger partial charge in [0.25, 0.3) is 0 Å². The van der Waals surface area contributed by atoms with Crippen molar-refractivity contribution in [3.05, 3.63) is 12.3 Å². The Hall–Kier alpha value is -1.27. The fraction of sp³-hybridized carbons (Fsp3) is 0.643. The molecular formula is C14H21BN2O3. The molecule has 108 valence electrons. The number of aromatic nitrogens is 1. The van der Waals surface area contributed by atoms with Crippen molar-refractivity contribution in [2.75, 3.05) is 5.73 Å². The molecule has 1 aromatic heterocycles. The van der Waals surface area contributed by atoms with Gasteiger partial charge in [-0.1, -0.05) is 0 Å². The van der Waals surface area contributed by atoms with E-state index in [0.717, 1.165) is 12.8 Å². The van der Waals surface area contributed by atoms with Gasteiger partial charge in [0.1, 0.15) is 0 Å². The van der Waals surface area contributed by atoms with Crippen molar-refractivity contribution in [2.24, 2.45) is 0 Å². The van der Waals surface area contributed by atoms with Crippen molar-refractivity contribution in [1.82, 2.24) is 4.98 Å². The second-order valence-electron chi connectivity index (χ2n) is 6.55. The predicted octanol–water partition coefficient (Wildman–Crippen LogP) is 1.50. The zero-order valence-corrected chi connectivity index (χ0v) is 12.5. The van der Waals surface area contributed by atoms with Crippen molar-refractivity contribution >= 4 is 18.4 Å². The molecule has 1 saturated heterocycles. The lowest BCUT2D eigenvalue weighted by atomic mass is 9.84. The maximum Gasteiger partial charge on any atom is 0.514 e. The zero-order chi connectivity index (χ0) is 14.5. The number of hydrogen-bond acceptors (Lipinski definition) is 5. The molecule has 1 aliphatic carbocycles. The van der Waals surface area contributed by atoms with Gasteiger partial charge in [0.2, 0.25) is 0 Å². The SMILES string of the molecule is CC1(C)OB(c2cc(N)c(OC3CC3)cn2)OC1(C)C. The third kappa shape index (κ3) is 2.38. The van der Waals surface area contributed by atoms with Gasteiger partial charge in [-0.2, -0.15) is 0 Å². The minimum absolute atomic E-state index is 0.307. The number of pyridine rings is 1. The van der Waals surface area contributed by atoms with Gasteiger partial charge in [-0.25, -0.2) is 0 Å². The molecule has 0 atom stereocenters. The fourth-order valence-corrected chi connectivity index (χ4v) is 2.03. The molecular weight excluding hydrogens is 255 g/mol. The summed E-state index contributed by atoms with van der Waals surface area (Å²) in [6.07, 6.45) is 4.16. The average Bonchev–Trinajstić information content (AvgIpc) is 3.10. The number of nitrogen functional groups attached to an aromatic ring is 1. The van der Waals surface area contributed by atoms with Crippen molar-refractivity contribution < 1.29 is 14.0 Å². The number of hydrogen-bond donors (Lipinski definition) is 1. The molecule has 5 nitrogen and oxygen atoms in total. The van der Waals surface area contributed by atoms with Crippen LogP contribution in [-0.2, 0) is 9.31 Å². The molecule has 6 heteroatoms. The van der Waals surface area contributed by atoms with E-state index in [9.17, 15) is 0 Å². The number of nitrogens with zero attached hydrogens (tertiary/aromatic N) is 1. The Kier molecular flexibility index (Phi) is 2.99. The van der Waals surface area contributed by atoms with E-state index in [1.54, 1.807) is 12.3 Å². The van der Waals surface area contributed by atoms with Gasteiger partial charge in [0, 0.05) is 0 Å². The highest BCUT2D eigenvalue weighted by Crippen LogP contribution is 2.36. The van der Waals surface area contributed by atoms with Crippen molar-refractivity contribution in [3.63, 3.8) is 0 Å². The number of anilines is 1. The van der Waals surface area contributed by atoms with Gasteiger partial charge in [-0.05, 0) is 46.6 Å². The second kappa shape index (κ2) is 4.36. The topological polar surface area (TPSA) is 66.6 Å². The molecule has 0 amide bonds. The first kappa shape index (κ1) is 13.7. The van der Waals surface area contributed by atoms with E-state index in [1.165, 1.54) is 0 Å². The summed E-state index contributed by atoms with van der Waals surface area (Å²) < 4.78 is 17.6. The molecule has 2 heterocycles. The highest BCUT2D eigenvalue weighted by Gasteiger charge is 2.52. The minimum Gasteiger partial charge on any atom is -0.487 e. The molecule has 2 N–H and O–H groups in total. The first-order chi connectivity index (χ1) is 9.28. The van der Waals surface area contributed by atoms with Crippen LogP contribution in [0.3, 0.4) is 0 Å². The van der Waals surface area contributed by atoms with Gasteiger partial charge in [-0.3, -0.25) is 4.98 Å². The highest BCUT2D eigenvalue weighted by molar-refractivity contribution is 6.61. The standard InChI is InChI=1S/C14H21BN2O3/c1-13(2)14(3,4)20-15(19-13)12-7-10(16)11(8-17-12)18-9-5-6-9/h7-9H,5-6H2,1-4H3,(H2,16,17). The molecule has 1 saturated carbocycles. The first-order valence-electron chi connectivity index (χ1n) is 7.06. The van der Waals surface area contributed by atoms with Crippen LogP contribution < -0.4 is 16.1 Å². The largest absolute Gasteiger partial charge is 0.514 e. The lowest BCUT2D eigenvalue weighted by Crippen LogP contribution is -2.41. The van der Waals surface area contributed by atoms with E-state index < -0.39 is 7.12 Å². The van der Waals surface area contributed by atoms with E-state index >= 15 is 0 Å². The molecule has 2 aliphatic rings. The predicted molar refractivity (Wildman–Crippen MR) is 78.0 cm³/mol. The van der Waals surface area contributed by atoms with Crippen LogP contribution in [0.1, 0.15) is 40.5 Å². The van der Waals surface area contributed by atoms with Gasteiger partial charge in [0.05, 0.1) is 34.8 Å². The summed E-state index contributed by atoms with van der Waals surface area (Å²) in [5.74, 6) is 0.646. The quantitative estimate of drug-likeness (QED) is 0.847. The lowest BCUT2D eigenvalue weighted by molar-refractivity contribution is 0.00578. The molecule has 1 aromatic rings. The lowest BCUT2D eigenvalue weighted by Gasteiger charge is -2.32. The Morgan fingerprint density at radius 3 is 2.35 bits per heavy atom. The summed E-state index contributed by atoms with van der Waals surface area (Å²) in [5, 5.41) is 0. The molecule has 20 heavy (non-hydrogen) atoms. The van der Waals surface area contributed by atoms with Crippen molar-refractivity contribution in [2.45, 2.75) is 57.8 Å². The molecule has 0 radical (unpaired) electrons. The second-order valence-corrected chi connectivity index (χ2v) is 6.55. The first-order valence-corrected chi connectivity index (χ1v) is 7.06. The van der Waals surface area contributed by atoms with Crippen LogP contribution in [0.2, 0.25) is 0 Å². The van der Waals surface area contributed by atoms with Crippen molar-refractivity contribution in [3.8, 4) is 5.75 Å². The highest BCUT2D eigenvalue weighted by atomic mass is 16.7. The van der Waals surface area contributed by atoms with Gasteiger partial charge in [0.15, 0.2) is 5.75 Å². The van der Waals surface area contributed by atoms with E-state index in [4.69, 9.17) is 19.8 Å². The Balaban J connectivity index is 1.79. The molecule has 0 aromatic carbocycles. The summed E-state index contributed by atoms with van der Waals surface area (Å²) >= 11 is 0. The fourth-order valence-electron chi connectivity index (χ4n) is 2.03. The van der Waals surface area contributed by atoms with E-state index in [-0.39, 0.29) is 11.2 Å². The third-order valence-electron chi connectivity index (χ3n) is 4.23. The molecule has 3 rings (SSSR count). The van der Waals surface area contributed by atoms with Crippen LogP contribution in [0.5, 0.6) is 5.75 Å². The molecule has 2 fully saturated rings. The average molecular weight is 276 g/mol. The van der Waals surface area contributed by atoms with E-state index in [0.29, 0.717) is 23.1 Å². The molecule has 1 aliphatic heterocycles. The number of rotatable bonds is 3.